The Labute approximate surface area is 89.8 Å². The van der Waals surface area contributed by atoms with E-state index in [4.69, 9.17) is 0 Å². The van der Waals surface area contributed by atoms with Crippen molar-refractivity contribution < 1.29 is 0 Å². The van der Waals surface area contributed by atoms with Crippen LogP contribution in [0.5, 0.6) is 0 Å². The first-order valence-electron chi connectivity index (χ1n) is 6.14. The summed E-state index contributed by atoms with van der Waals surface area (Å²) >= 11 is 0. The third-order valence-electron chi connectivity index (χ3n) is 4.04. The fourth-order valence-electron chi connectivity index (χ4n) is 2.63. The van der Waals surface area contributed by atoms with Crippen LogP contribution in [0.4, 0.5) is 0 Å². The minimum Gasteiger partial charge on any atom is -0.100 e. The molecule has 82 valence electrons. The molecule has 0 heteroatoms. The van der Waals surface area contributed by atoms with Crippen LogP contribution in [0.15, 0.2) is 12.2 Å². The van der Waals surface area contributed by atoms with Crippen LogP contribution >= 0.6 is 0 Å². The second-order valence-electron chi connectivity index (χ2n) is 5.65. The van der Waals surface area contributed by atoms with E-state index in [-0.39, 0.29) is 0 Å². The fourth-order valence-corrected chi connectivity index (χ4v) is 2.63. The van der Waals surface area contributed by atoms with Gasteiger partial charge in [0.15, 0.2) is 0 Å². The van der Waals surface area contributed by atoms with Crippen LogP contribution in [0.3, 0.4) is 0 Å². The molecule has 2 unspecified atom stereocenters. The van der Waals surface area contributed by atoms with Crippen molar-refractivity contribution in [2.24, 2.45) is 17.3 Å². The molecule has 0 aromatic rings. The average molecular weight is 194 g/mol. The highest BCUT2D eigenvalue weighted by Gasteiger charge is 2.46. The van der Waals surface area contributed by atoms with Gasteiger partial charge in [0.2, 0.25) is 0 Å². The van der Waals surface area contributed by atoms with Crippen molar-refractivity contribution in [3.63, 3.8) is 0 Å². The van der Waals surface area contributed by atoms with E-state index < -0.39 is 0 Å². The van der Waals surface area contributed by atoms with Gasteiger partial charge in [-0.1, -0.05) is 32.8 Å². The maximum absolute atomic E-state index is 4.06. The summed E-state index contributed by atoms with van der Waals surface area (Å²) in [5, 5.41) is 0. The molecule has 14 heavy (non-hydrogen) atoms. The third kappa shape index (κ3) is 2.87. The fraction of sp³-hybridized carbons (Fsp3) is 0.857. The van der Waals surface area contributed by atoms with Gasteiger partial charge in [-0.2, -0.15) is 0 Å². The zero-order valence-electron chi connectivity index (χ0n) is 10.4. The van der Waals surface area contributed by atoms with Gasteiger partial charge >= 0.3 is 0 Å². The van der Waals surface area contributed by atoms with Crippen molar-refractivity contribution in [2.45, 2.75) is 59.8 Å². The van der Waals surface area contributed by atoms with Gasteiger partial charge in [-0.3, -0.25) is 0 Å². The van der Waals surface area contributed by atoms with Gasteiger partial charge in [-0.25, -0.2) is 0 Å². The van der Waals surface area contributed by atoms with E-state index in [0.717, 1.165) is 11.8 Å². The van der Waals surface area contributed by atoms with E-state index >= 15 is 0 Å². The van der Waals surface area contributed by atoms with E-state index in [1.807, 2.05) is 0 Å². The first-order chi connectivity index (χ1) is 6.50. The number of hydrogen-bond acceptors (Lipinski definition) is 0. The van der Waals surface area contributed by atoms with Crippen LogP contribution in [0.2, 0.25) is 0 Å². The lowest BCUT2D eigenvalue weighted by atomic mass is 9.79. The third-order valence-corrected chi connectivity index (χ3v) is 4.04. The first-order valence-corrected chi connectivity index (χ1v) is 6.14. The Bertz CT molecular complexity index is 198. The Morgan fingerprint density at radius 1 is 1.36 bits per heavy atom. The topological polar surface area (TPSA) is 0 Å². The second kappa shape index (κ2) is 4.51. The SMILES string of the molecule is C=C(C)CC1(C(C)CC(C)CC)CC1. The lowest BCUT2D eigenvalue weighted by Crippen LogP contribution is -2.16. The molecular formula is C14H26. The van der Waals surface area contributed by atoms with Crippen LogP contribution in [0.1, 0.15) is 59.8 Å². The summed E-state index contributed by atoms with van der Waals surface area (Å²) in [6.07, 6.45) is 6.89. The Morgan fingerprint density at radius 2 is 1.93 bits per heavy atom. The summed E-state index contributed by atoms with van der Waals surface area (Å²) in [5.41, 5.74) is 2.04. The van der Waals surface area contributed by atoms with E-state index in [9.17, 15) is 0 Å². The van der Waals surface area contributed by atoms with E-state index in [0.29, 0.717) is 5.41 Å². The number of hydrogen-bond donors (Lipinski definition) is 0. The Balaban J connectivity index is 2.43. The predicted octanol–water partition coefficient (Wildman–Crippen LogP) is 4.81. The number of allylic oxidation sites excluding steroid dienone is 1. The molecule has 1 aliphatic rings. The van der Waals surface area contributed by atoms with Gasteiger partial charge < -0.3 is 0 Å². The molecule has 0 bridgehead atoms. The van der Waals surface area contributed by atoms with E-state index in [1.165, 1.54) is 37.7 Å². The van der Waals surface area contributed by atoms with Crippen LogP contribution in [-0.2, 0) is 0 Å². The molecule has 0 amide bonds. The standard InChI is InChI=1S/C14H26/c1-6-12(4)9-13(5)14(7-8-14)10-11(2)3/h12-13H,2,6-10H2,1,3-5H3. The maximum Gasteiger partial charge on any atom is -0.0234 e. The summed E-state index contributed by atoms with van der Waals surface area (Å²) < 4.78 is 0. The molecule has 0 aromatic heterocycles. The Hall–Kier alpha value is -0.260. The molecule has 0 nitrogen and oxygen atoms in total. The van der Waals surface area contributed by atoms with Gasteiger partial charge in [0.05, 0.1) is 0 Å². The largest absolute Gasteiger partial charge is 0.100 e. The van der Waals surface area contributed by atoms with Crippen molar-refractivity contribution in [3.05, 3.63) is 12.2 Å². The van der Waals surface area contributed by atoms with Crippen molar-refractivity contribution in [3.8, 4) is 0 Å². The summed E-state index contributed by atoms with van der Waals surface area (Å²) in [4.78, 5) is 0. The quantitative estimate of drug-likeness (QED) is 0.532. The minimum absolute atomic E-state index is 0.662. The van der Waals surface area contributed by atoms with Crippen LogP contribution in [-0.4, -0.2) is 0 Å². The lowest BCUT2D eigenvalue weighted by Gasteiger charge is -2.26. The molecule has 0 spiro atoms. The highest BCUT2D eigenvalue weighted by Crippen LogP contribution is 2.57. The summed E-state index contributed by atoms with van der Waals surface area (Å²) in [6, 6.07) is 0. The molecule has 0 aliphatic heterocycles. The molecule has 1 saturated carbocycles. The second-order valence-corrected chi connectivity index (χ2v) is 5.65. The highest BCUT2D eigenvalue weighted by molar-refractivity contribution is 5.06. The summed E-state index contributed by atoms with van der Waals surface area (Å²) in [5.74, 6) is 1.79. The van der Waals surface area contributed by atoms with Crippen LogP contribution in [0, 0.1) is 17.3 Å². The minimum atomic E-state index is 0.662. The molecule has 1 fully saturated rings. The van der Waals surface area contributed by atoms with Crippen molar-refractivity contribution in [1.82, 2.24) is 0 Å². The molecule has 1 rings (SSSR count). The monoisotopic (exact) mass is 194 g/mol. The first kappa shape index (κ1) is 11.8. The molecule has 0 N–H and O–H groups in total. The number of rotatable bonds is 6. The van der Waals surface area contributed by atoms with Gasteiger partial charge in [0.25, 0.3) is 0 Å². The van der Waals surface area contributed by atoms with Crippen molar-refractivity contribution >= 4 is 0 Å². The Morgan fingerprint density at radius 3 is 2.29 bits per heavy atom. The van der Waals surface area contributed by atoms with Crippen molar-refractivity contribution in [1.29, 1.82) is 0 Å². The van der Waals surface area contributed by atoms with E-state index in [1.54, 1.807) is 0 Å². The summed E-state index contributed by atoms with van der Waals surface area (Å²) in [6.45, 7) is 13.4. The molecule has 1 aliphatic carbocycles. The normalized spacial score (nSPS) is 22.9. The Kier molecular flexibility index (Phi) is 3.80. The van der Waals surface area contributed by atoms with E-state index in [2.05, 4.69) is 34.3 Å². The lowest BCUT2D eigenvalue weighted by molar-refractivity contribution is 0.268. The zero-order valence-corrected chi connectivity index (χ0v) is 10.4. The zero-order chi connectivity index (χ0) is 10.8. The van der Waals surface area contributed by atoms with Gasteiger partial charge in [0, 0.05) is 0 Å². The van der Waals surface area contributed by atoms with Crippen molar-refractivity contribution in [2.75, 3.05) is 0 Å². The van der Waals surface area contributed by atoms with Gasteiger partial charge in [0.1, 0.15) is 0 Å². The molecule has 0 heterocycles. The molecular weight excluding hydrogens is 168 g/mol. The molecule has 0 aromatic carbocycles. The van der Waals surface area contributed by atoms with Gasteiger partial charge in [-0.05, 0) is 49.9 Å². The molecule has 0 radical (unpaired) electrons. The average Bonchev–Trinajstić information content (AvgIpc) is 2.84. The predicted molar refractivity (Wildman–Crippen MR) is 64.3 cm³/mol. The van der Waals surface area contributed by atoms with Crippen LogP contribution < -0.4 is 0 Å². The highest BCUT2D eigenvalue weighted by atomic mass is 14.5. The smallest absolute Gasteiger partial charge is 0.0234 e. The van der Waals surface area contributed by atoms with Gasteiger partial charge in [-0.15, -0.1) is 6.58 Å². The maximum atomic E-state index is 4.06. The van der Waals surface area contributed by atoms with Crippen LogP contribution in [0.25, 0.3) is 0 Å². The molecule has 0 saturated heterocycles. The molecule has 2 atom stereocenters. The summed E-state index contributed by atoms with van der Waals surface area (Å²) in [7, 11) is 0.